The summed E-state index contributed by atoms with van der Waals surface area (Å²) in [6.45, 7) is 1.52. The molecule has 4 rings (SSSR count). The number of aliphatic hydroxyl groups is 1. The van der Waals surface area contributed by atoms with Gasteiger partial charge >= 0.3 is 0 Å². The Labute approximate surface area is 195 Å². The first kappa shape index (κ1) is 23.0. The molecule has 1 N–H and O–H groups in total. The van der Waals surface area contributed by atoms with Crippen LogP contribution < -0.4 is 18.9 Å². The summed E-state index contributed by atoms with van der Waals surface area (Å²) in [7, 11) is 4.95. The summed E-state index contributed by atoms with van der Waals surface area (Å²) in [6.07, 6.45) is 0.227. The van der Waals surface area contributed by atoms with E-state index in [-0.39, 0.29) is 12.6 Å². The molecule has 0 amide bonds. The lowest BCUT2D eigenvalue weighted by Crippen LogP contribution is -2.42. The van der Waals surface area contributed by atoms with E-state index in [0.29, 0.717) is 18.0 Å². The van der Waals surface area contributed by atoms with Crippen LogP contribution in [0.15, 0.2) is 66.7 Å². The molecule has 2 atom stereocenters. The molecule has 3 aromatic carbocycles. The molecule has 0 bridgehead atoms. The van der Waals surface area contributed by atoms with E-state index in [2.05, 4.69) is 29.2 Å². The Bertz CT molecular complexity index is 1040. The van der Waals surface area contributed by atoms with Crippen LogP contribution in [0.5, 0.6) is 23.0 Å². The molecule has 1 heterocycles. The molecule has 0 spiro atoms. The number of ether oxygens (including phenoxy) is 4. The zero-order valence-corrected chi connectivity index (χ0v) is 19.4. The summed E-state index contributed by atoms with van der Waals surface area (Å²) in [5.41, 5.74) is 3.59. The van der Waals surface area contributed by atoms with Gasteiger partial charge in [-0.05, 0) is 59.5 Å². The van der Waals surface area contributed by atoms with Gasteiger partial charge in [-0.15, -0.1) is 0 Å². The maximum atomic E-state index is 10.8. The average Bonchev–Trinajstić information content (AvgIpc) is 2.87. The number of β-amino-alcohol motifs (C(OH)–C–C–N with tert-alkyl or cyclic N) is 1. The van der Waals surface area contributed by atoms with Gasteiger partial charge in [-0.1, -0.05) is 30.3 Å². The van der Waals surface area contributed by atoms with E-state index in [1.165, 1.54) is 16.7 Å². The molecule has 3 aromatic rings. The summed E-state index contributed by atoms with van der Waals surface area (Å²) in [5.74, 6) is 2.93. The average molecular weight is 450 g/mol. The number of aliphatic hydroxyl groups excluding tert-OH is 1. The molecule has 0 radical (unpaired) electrons. The molecule has 174 valence electrons. The molecule has 0 aromatic heterocycles. The third-order valence-electron chi connectivity index (χ3n) is 6.04. The maximum Gasteiger partial charge on any atom is 0.161 e. The molecule has 0 saturated carbocycles. The van der Waals surface area contributed by atoms with E-state index >= 15 is 0 Å². The van der Waals surface area contributed by atoms with Gasteiger partial charge in [-0.25, -0.2) is 0 Å². The number of methoxy groups -OCH3 is 3. The predicted molar refractivity (Wildman–Crippen MR) is 128 cm³/mol. The van der Waals surface area contributed by atoms with Crippen molar-refractivity contribution in [1.82, 2.24) is 4.90 Å². The summed E-state index contributed by atoms with van der Waals surface area (Å²) in [4.78, 5) is 2.31. The van der Waals surface area contributed by atoms with Crippen LogP contribution in [0.25, 0.3) is 0 Å². The minimum absolute atomic E-state index is 0.00499. The standard InChI is InChI=1S/C27H31NO5/c1-30-22-9-11-23(12-10-22)33-18-21(29)17-28-14-13-20-15-25(31-2)26(32-3)16-24(20)27(28)19-7-5-4-6-8-19/h4-12,15-16,21,27,29H,13-14,17-18H2,1-3H3. The third kappa shape index (κ3) is 5.24. The zero-order valence-electron chi connectivity index (χ0n) is 19.4. The van der Waals surface area contributed by atoms with Crippen LogP contribution in [-0.2, 0) is 6.42 Å². The second kappa shape index (κ2) is 10.6. The van der Waals surface area contributed by atoms with Crippen molar-refractivity contribution in [3.63, 3.8) is 0 Å². The van der Waals surface area contributed by atoms with E-state index in [4.69, 9.17) is 18.9 Å². The van der Waals surface area contributed by atoms with E-state index in [9.17, 15) is 5.11 Å². The Hall–Kier alpha value is -3.22. The van der Waals surface area contributed by atoms with Gasteiger partial charge in [-0.3, -0.25) is 4.90 Å². The first-order valence-electron chi connectivity index (χ1n) is 11.1. The molecule has 1 aliphatic rings. The molecule has 0 aliphatic carbocycles. The van der Waals surface area contributed by atoms with Crippen LogP contribution in [0.2, 0.25) is 0 Å². The summed E-state index contributed by atoms with van der Waals surface area (Å²) >= 11 is 0. The van der Waals surface area contributed by atoms with Crippen LogP contribution in [-0.4, -0.2) is 57.1 Å². The lowest BCUT2D eigenvalue weighted by molar-refractivity contribution is 0.0553. The van der Waals surface area contributed by atoms with Crippen LogP contribution >= 0.6 is 0 Å². The van der Waals surface area contributed by atoms with Crippen molar-refractivity contribution >= 4 is 0 Å². The van der Waals surface area contributed by atoms with Crippen molar-refractivity contribution in [2.75, 3.05) is 41.0 Å². The lowest BCUT2D eigenvalue weighted by Gasteiger charge is -2.39. The Kier molecular flexibility index (Phi) is 7.37. The third-order valence-corrected chi connectivity index (χ3v) is 6.04. The molecular formula is C27H31NO5. The fourth-order valence-corrected chi connectivity index (χ4v) is 4.41. The highest BCUT2D eigenvalue weighted by molar-refractivity contribution is 5.51. The normalized spacial score (nSPS) is 16.5. The zero-order chi connectivity index (χ0) is 23.2. The van der Waals surface area contributed by atoms with Gasteiger partial charge in [0.15, 0.2) is 11.5 Å². The van der Waals surface area contributed by atoms with Gasteiger partial charge in [0, 0.05) is 13.1 Å². The highest BCUT2D eigenvalue weighted by Crippen LogP contribution is 2.41. The quantitative estimate of drug-likeness (QED) is 0.531. The number of rotatable bonds is 9. The smallest absolute Gasteiger partial charge is 0.161 e. The minimum atomic E-state index is -0.639. The fraction of sp³-hybridized carbons (Fsp3) is 0.333. The molecular weight excluding hydrogens is 418 g/mol. The molecule has 1 aliphatic heterocycles. The maximum absolute atomic E-state index is 10.8. The van der Waals surface area contributed by atoms with Gasteiger partial charge in [0.05, 0.1) is 27.4 Å². The van der Waals surface area contributed by atoms with Gasteiger partial charge in [0.25, 0.3) is 0 Å². The van der Waals surface area contributed by atoms with Crippen molar-refractivity contribution in [2.24, 2.45) is 0 Å². The highest BCUT2D eigenvalue weighted by atomic mass is 16.5. The Balaban J connectivity index is 1.54. The molecule has 2 unspecified atom stereocenters. The second-order valence-corrected chi connectivity index (χ2v) is 8.10. The number of fused-ring (bicyclic) bond motifs is 1. The first-order valence-corrected chi connectivity index (χ1v) is 11.1. The van der Waals surface area contributed by atoms with Crippen molar-refractivity contribution in [1.29, 1.82) is 0 Å². The number of nitrogens with zero attached hydrogens (tertiary/aromatic N) is 1. The number of hydrogen-bond donors (Lipinski definition) is 1. The Morgan fingerprint density at radius 3 is 2.21 bits per heavy atom. The monoisotopic (exact) mass is 449 g/mol. The van der Waals surface area contributed by atoms with Gasteiger partial charge in [0.1, 0.15) is 24.2 Å². The Morgan fingerprint density at radius 2 is 1.55 bits per heavy atom. The fourth-order valence-electron chi connectivity index (χ4n) is 4.41. The largest absolute Gasteiger partial charge is 0.497 e. The lowest BCUT2D eigenvalue weighted by atomic mass is 9.87. The summed E-state index contributed by atoms with van der Waals surface area (Å²) in [6, 6.07) is 21.9. The molecule has 33 heavy (non-hydrogen) atoms. The van der Waals surface area contributed by atoms with Crippen molar-refractivity contribution < 1.29 is 24.1 Å². The minimum Gasteiger partial charge on any atom is -0.497 e. The van der Waals surface area contributed by atoms with Crippen molar-refractivity contribution in [2.45, 2.75) is 18.6 Å². The van der Waals surface area contributed by atoms with Gasteiger partial charge in [-0.2, -0.15) is 0 Å². The number of benzene rings is 3. The summed E-state index contributed by atoms with van der Waals surface area (Å²) < 4.78 is 22.1. The van der Waals surface area contributed by atoms with Gasteiger partial charge < -0.3 is 24.1 Å². The molecule has 0 fully saturated rings. The van der Waals surface area contributed by atoms with Crippen LogP contribution in [0.4, 0.5) is 0 Å². The predicted octanol–water partition coefficient (Wildman–Crippen LogP) is 4.10. The van der Waals surface area contributed by atoms with Crippen molar-refractivity contribution in [3.05, 3.63) is 83.4 Å². The van der Waals surface area contributed by atoms with E-state index in [1.807, 2.05) is 42.5 Å². The SMILES string of the molecule is COc1ccc(OCC(O)CN2CCc3cc(OC)c(OC)cc3C2c2ccccc2)cc1. The summed E-state index contributed by atoms with van der Waals surface area (Å²) in [5, 5.41) is 10.8. The van der Waals surface area contributed by atoms with Crippen LogP contribution in [0, 0.1) is 0 Å². The van der Waals surface area contributed by atoms with E-state index in [0.717, 1.165) is 24.5 Å². The van der Waals surface area contributed by atoms with Gasteiger partial charge in [0.2, 0.25) is 0 Å². The molecule has 6 nitrogen and oxygen atoms in total. The molecule has 0 saturated heterocycles. The molecule has 6 heteroatoms. The van der Waals surface area contributed by atoms with Crippen LogP contribution in [0.3, 0.4) is 0 Å². The topological polar surface area (TPSA) is 60.4 Å². The van der Waals surface area contributed by atoms with Crippen molar-refractivity contribution in [3.8, 4) is 23.0 Å². The van der Waals surface area contributed by atoms with E-state index in [1.54, 1.807) is 21.3 Å². The highest BCUT2D eigenvalue weighted by Gasteiger charge is 2.31. The number of hydrogen-bond acceptors (Lipinski definition) is 6. The van der Waals surface area contributed by atoms with E-state index < -0.39 is 6.10 Å². The van der Waals surface area contributed by atoms with Crippen LogP contribution in [0.1, 0.15) is 22.7 Å². The second-order valence-electron chi connectivity index (χ2n) is 8.10. The first-order chi connectivity index (χ1) is 16.1. The Morgan fingerprint density at radius 1 is 0.879 bits per heavy atom.